The van der Waals surface area contributed by atoms with Gasteiger partial charge in [0.05, 0.1) is 6.61 Å². The van der Waals surface area contributed by atoms with Gasteiger partial charge < -0.3 is 4.74 Å². The number of ether oxygens (including phenoxy) is 1. The molecule has 0 unspecified atom stereocenters. The summed E-state index contributed by atoms with van der Waals surface area (Å²) in [6.45, 7) is 2.62. The lowest BCUT2D eigenvalue weighted by molar-refractivity contribution is -0.676. The molecule has 0 N–H and O–H groups in total. The second-order valence-corrected chi connectivity index (χ2v) is 6.51. The number of thioether (sulfide) groups is 1. The van der Waals surface area contributed by atoms with Crippen LogP contribution < -0.4 is 4.57 Å². The van der Waals surface area contributed by atoms with Crippen LogP contribution in [0.15, 0.2) is 28.6 Å². The number of rotatable bonds is 6. The summed E-state index contributed by atoms with van der Waals surface area (Å²) in [6.07, 6.45) is 1.98. The lowest BCUT2D eigenvalue weighted by Gasteiger charge is -2.01. The monoisotopic (exact) mass is 376 g/mol. The third-order valence-electron chi connectivity index (χ3n) is 2.77. The average Bonchev–Trinajstić information content (AvgIpc) is 2.74. The number of thiazole rings is 1. The molecule has 2 aromatic rings. The first kappa shape index (κ1) is 17.5. The number of hydrogen-bond acceptors (Lipinski definition) is 4. The number of unbranched alkanes of at least 4 members (excludes halogenated alkanes) is 1. The van der Waals surface area contributed by atoms with Crippen LogP contribution in [0.2, 0.25) is 0 Å². The molecule has 0 fully saturated rings. The van der Waals surface area contributed by atoms with Crippen LogP contribution in [0.4, 0.5) is 0 Å². The summed E-state index contributed by atoms with van der Waals surface area (Å²) in [4.78, 5) is 11.6. The molecule has 110 valence electrons. The zero-order chi connectivity index (χ0) is 13.7. The molecule has 0 aliphatic rings. The highest BCUT2D eigenvalue weighted by Gasteiger charge is 2.18. The van der Waals surface area contributed by atoms with Crippen LogP contribution in [-0.4, -0.2) is 18.3 Å². The van der Waals surface area contributed by atoms with Gasteiger partial charge in [0.1, 0.15) is 17.5 Å². The number of esters is 1. The Morgan fingerprint density at radius 1 is 1.40 bits per heavy atom. The van der Waals surface area contributed by atoms with E-state index in [0.29, 0.717) is 12.4 Å². The fraction of sp³-hybridized carbons (Fsp3) is 0.429. The van der Waals surface area contributed by atoms with Gasteiger partial charge in [-0.1, -0.05) is 36.8 Å². The highest BCUT2D eigenvalue weighted by atomic mass is 79.9. The van der Waals surface area contributed by atoms with Gasteiger partial charge in [-0.15, -0.1) is 17.0 Å². The Bertz CT molecular complexity index is 571. The van der Waals surface area contributed by atoms with Crippen molar-refractivity contribution in [2.75, 3.05) is 12.4 Å². The summed E-state index contributed by atoms with van der Waals surface area (Å²) in [7, 11) is 2.03. The third kappa shape index (κ3) is 4.46. The number of aromatic nitrogens is 1. The molecule has 3 nitrogen and oxygen atoms in total. The molecule has 0 amide bonds. The fourth-order valence-electron chi connectivity index (χ4n) is 1.70. The van der Waals surface area contributed by atoms with E-state index in [0.717, 1.165) is 17.2 Å². The van der Waals surface area contributed by atoms with Crippen molar-refractivity contribution in [1.29, 1.82) is 0 Å². The van der Waals surface area contributed by atoms with Crippen LogP contribution in [0.5, 0.6) is 0 Å². The number of carbonyl (C=O) groups is 1. The molecular weight excluding hydrogens is 358 g/mol. The van der Waals surface area contributed by atoms with Crippen molar-refractivity contribution in [2.45, 2.75) is 24.1 Å². The van der Waals surface area contributed by atoms with E-state index in [2.05, 4.69) is 23.6 Å². The van der Waals surface area contributed by atoms with Crippen molar-refractivity contribution >= 4 is 56.3 Å². The number of para-hydroxylation sites is 1. The third-order valence-corrected chi connectivity index (χ3v) is 5.29. The molecule has 0 atom stereocenters. The summed E-state index contributed by atoms with van der Waals surface area (Å²) in [5, 5.41) is 0. The average molecular weight is 377 g/mol. The first-order valence-electron chi connectivity index (χ1n) is 6.38. The van der Waals surface area contributed by atoms with Crippen LogP contribution in [0, 0.1) is 0 Å². The second kappa shape index (κ2) is 8.64. The number of fused-ring (bicyclic) bond motifs is 1. The largest absolute Gasteiger partial charge is 0.465 e. The van der Waals surface area contributed by atoms with Crippen LogP contribution in [0.25, 0.3) is 10.2 Å². The molecule has 0 saturated heterocycles. The molecule has 0 radical (unpaired) electrons. The first-order valence-corrected chi connectivity index (χ1v) is 8.18. The Morgan fingerprint density at radius 2 is 2.15 bits per heavy atom. The van der Waals surface area contributed by atoms with Crippen LogP contribution in [-0.2, 0) is 16.6 Å². The normalized spacial score (nSPS) is 10.3. The summed E-state index contributed by atoms with van der Waals surface area (Å²) in [6, 6.07) is 8.26. The number of halogens is 1. The van der Waals surface area contributed by atoms with Crippen LogP contribution in [0.1, 0.15) is 19.8 Å². The van der Waals surface area contributed by atoms with E-state index >= 15 is 0 Å². The molecule has 1 aromatic heterocycles. The SMILES string of the molecule is Br.CCCCOC(=O)CSc1sc2ccccc2[n+]1C. The van der Waals surface area contributed by atoms with Gasteiger partial charge in [0.25, 0.3) is 4.34 Å². The Labute approximate surface area is 138 Å². The zero-order valence-corrected chi connectivity index (χ0v) is 15.0. The van der Waals surface area contributed by atoms with Gasteiger partial charge in [0.2, 0.25) is 5.52 Å². The van der Waals surface area contributed by atoms with E-state index in [1.807, 2.05) is 19.2 Å². The van der Waals surface area contributed by atoms with Gasteiger partial charge in [0.15, 0.2) is 0 Å². The van der Waals surface area contributed by atoms with E-state index in [-0.39, 0.29) is 23.0 Å². The van der Waals surface area contributed by atoms with E-state index in [1.54, 1.807) is 23.1 Å². The number of carbonyl (C=O) groups excluding carboxylic acids is 1. The Balaban J connectivity index is 0.00000200. The molecule has 20 heavy (non-hydrogen) atoms. The number of nitrogens with zero attached hydrogens (tertiary/aromatic N) is 1. The minimum absolute atomic E-state index is 0. The summed E-state index contributed by atoms with van der Waals surface area (Å²) in [5.41, 5.74) is 1.20. The smallest absolute Gasteiger partial charge is 0.316 e. The maximum absolute atomic E-state index is 11.6. The van der Waals surface area contributed by atoms with Crippen LogP contribution >= 0.6 is 40.1 Å². The minimum Gasteiger partial charge on any atom is -0.465 e. The molecule has 2 rings (SSSR count). The quantitative estimate of drug-likeness (QED) is 0.333. The fourth-order valence-corrected chi connectivity index (χ4v) is 3.88. The molecule has 1 aromatic carbocycles. The lowest BCUT2D eigenvalue weighted by atomic mass is 10.3. The van der Waals surface area contributed by atoms with Crippen molar-refractivity contribution < 1.29 is 14.1 Å². The number of benzene rings is 1. The summed E-state index contributed by atoms with van der Waals surface area (Å²) < 4.78 is 9.66. The Morgan fingerprint density at radius 3 is 2.85 bits per heavy atom. The van der Waals surface area contributed by atoms with Crippen molar-refractivity contribution in [3.8, 4) is 0 Å². The Hall–Kier alpha value is -0.590. The molecule has 6 heteroatoms. The van der Waals surface area contributed by atoms with Gasteiger partial charge in [-0.3, -0.25) is 4.79 Å². The standard InChI is InChI=1S/C14H18NO2S2.BrH/c1-3-4-9-17-13(16)10-18-14-15(2)11-7-5-6-8-12(11)19-14;/h5-8H,3-4,9-10H2,1-2H3;1H/q+1;. The molecule has 0 bridgehead atoms. The molecule has 0 aliphatic heterocycles. The summed E-state index contributed by atoms with van der Waals surface area (Å²) in [5.74, 6) is 0.251. The highest BCUT2D eigenvalue weighted by molar-refractivity contribution is 8.93. The van der Waals surface area contributed by atoms with Gasteiger partial charge in [-0.05, 0) is 24.2 Å². The van der Waals surface area contributed by atoms with Gasteiger partial charge in [0, 0.05) is 6.07 Å². The number of hydrogen-bond donors (Lipinski definition) is 0. The van der Waals surface area contributed by atoms with Gasteiger partial charge in [-0.25, -0.2) is 0 Å². The maximum Gasteiger partial charge on any atom is 0.316 e. The van der Waals surface area contributed by atoms with Crippen molar-refractivity contribution in [3.63, 3.8) is 0 Å². The predicted molar refractivity (Wildman–Crippen MR) is 89.9 cm³/mol. The molecular formula is C14H19BrNO2S2+. The molecule has 1 heterocycles. The topological polar surface area (TPSA) is 30.2 Å². The molecule has 0 saturated carbocycles. The van der Waals surface area contributed by atoms with Crippen molar-refractivity contribution in [3.05, 3.63) is 24.3 Å². The lowest BCUT2D eigenvalue weighted by Crippen LogP contribution is -2.28. The minimum atomic E-state index is -0.129. The van der Waals surface area contributed by atoms with Crippen LogP contribution in [0.3, 0.4) is 0 Å². The first-order chi connectivity index (χ1) is 9.22. The molecule has 0 spiro atoms. The van der Waals surface area contributed by atoms with Crippen molar-refractivity contribution in [1.82, 2.24) is 0 Å². The van der Waals surface area contributed by atoms with E-state index in [1.165, 1.54) is 10.2 Å². The maximum atomic E-state index is 11.6. The second-order valence-electron chi connectivity index (χ2n) is 4.26. The molecule has 0 aliphatic carbocycles. The Kier molecular flexibility index (Phi) is 7.55. The number of aryl methyl sites for hydroxylation is 1. The van der Waals surface area contributed by atoms with Gasteiger partial charge >= 0.3 is 5.97 Å². The zero-order valence-electron chi connectivity index (χ0n) is 11.6. The van der Waals surface area contributed by atoms with E-state index < -0.39 is 0 Å². The van der Waals surface area contributed by atoms with E-state index in [4.69, 9.17) is 4.74 Å². The van der Waals surface area contributed by atoms with Crippen molar-refractivity contribution in [2.24, 2.45) is 7.05 Å². The summed E-state index contributed by atoms with van der Waals surface area (Å²) >= 11 is 3.26. The van der Waals surface area contributed by atoms with E-state index in [9.17, 15) is 4.79 Å². The van der Waals surface area contributed by atoms with Gasteiger partial charge in [-0.2, -0.15) is 4.57 Å². The predicted octanol–water partition coefficient (Wildman–Crippen LogP) is 3.74. The highest BCUT2D eigenvalue weighted by Crippen LogP contribution is 2.27.